The molecule has 0 saturated heterocycles. The van der Waals surface area contributed by atoms with Gasteiger partial charge in [-0.2, -0.15) is 5.26 Å². The maximum atomic E-state index is 10.1. The molecule has 0 radical (unpaired) electrons. The number of H-pyrrole nitrogens is 1. The van der Waals surface area contributed by atoms with Gasteiger partial charge in [0.05, 0.1) is 21.1 Å². The number of aromatic amines is 1. The number of aromatic hydroxyl groups is 1. The van der Waals surface area contributed by atoms with Gasteiger partial charge in [0.1, 0.15) is 17.6 Å². The minimum atomic E-state index is 0.0215. The number of rotatable bonds is 2. The highest BCUT2D eigenvalue weighted by molar-refractivity contribution is 9.10. The van der Waals surface area contributed by atoms with Crippen LogP contribution in [0.2, 0.25) is 5.02 Å². The van der Waals surface area contributed by atoms with Crippen LogP contribution in [0.1, 0.15) is 11.4 Å². The van der Waals surface area contributed by atoms with E-state index in [9.17, 15) is 10.4 Å². The lowest BCUT2D eigenvalue weighted by atomic mass is 10.1. The number of para-hydroxylation sites is 2. The normalized spacial score (nSPS) is 11.6. The lowest BCUT2D eigenvalue weighted by molar-refractivity contribution is 0.470. The summed E-state index contributed by atoms with van der Waals surface area (Å²) in [6, 6.07) is 12.8. The van der Waals surface area contributed by atoms with E-state index in [0.29, 0.717) is 26.5 Å². The van der Waals surface area contributed by atoms with Crippen LogP contribution in [0.3, 0.4) is 0 Å². The molecule has 108 valence electrons. The van der Waals surface area contributed by atoms with Crippen molar-refractivity contribution in [3.05, 3.63) is 57.3 Å². The molecule has 0 spiro atoms. The number of imidazole rings is 1. The number of aromatic nitrogens is 2. The largest absolute Gasteiger partial charge is 0.506 e. The summed E-state index contributed by atoms with van der Waals surface area (Å²) in [4.78, 5) is 7.47. The summed E-state index contributed by atoms with van der Waals surface area (Å²) >= 11 is 9.21. The van der Waals surface area contributed by atoms with Crippen molar-refractivity contribution in [3.8, 4) is 11.8 Å². The molecule has 0 atom stereocenters. The molecule has 4 nitrogen and oxygen atoms in total. The Labute approximate surface area is 139 Å². The topological polar surface area (TPSA) is 72.7 Å². The fraction of sp³-hybridized carbons (Fsp3) is 0. The summed E-state index contributed by atoms with van der Waals surface area (Å²) < 4.78 is 0.466. The number of nitrogens with zero attached hydrogens (tertiary/aromatic N) is 2. The van der Waals surface area contributed by atoms with Crippen LogP contribution in [0.15, 0.2) is 40.9 Å². The van der Waals surface area contributed by atoms with Crippen molar-refractivity contribution in [1.29, 1.82) is 5.26 Å². The highest BCUT2D eigenvalue weighted by Crippen LogP contribution is 2.33. The first-order valence-electron chi connectivity index (χ1n) is 6.33. The summed E-state index contributed by atoms with van der Waals surface area (Å²) in [7, 11) is 0. The molecule has 0 saturated carbocycles. The van der Waals surface area contributed by atoms with Crippen molar-refractivity contribution < 1.29 is 5.11 Å². The number of phenolic OH excluding ortho intramolecular Hbond substituents is 1. The Morgan fingerprint density at radius 1 is 1.36 bits per heavy atom. The molecule has 0 unspecified atom stereocenters. The number of fused-ring (bicyclic) bond motifs is 1. The van der Waals surface area contributed by atoms with E-state index in [1.54, 1.807) is 18.2 Å². The highest BCUT2D eigenvalue weighted by atomic mass is 79.9. The molecule has 0 amide bonds. The van der Waals surface area contributed by atoms with Gasteiger partial charge in [-0.3, -0.25) is 0 Å². The Bertz CT molecular complexity index is 907. The average Bonchev–Trinajstić information content (AvgIpc) is 2.93. The molecule has 0 bridgehead atoms. The molecule has 0 aliphatic heterocycles. The van der Waals surface area contributed by atoms with Crippen LogP contribution in [0.5, 0.6) is 5.75 Å². The van der Waals surface area contributed by atoms with E-state index in [1.807, 2.05) is 24.3 Å². The summed E-state index contributed by atoms with van der Waals surface area (Å²) in [5.74, 6) is 0.465. The first-order chi connectivity index (χ1) is 10.6. The average molecular weight is 375 g/mol. The van der Waals surface area contributed by atoms with E-state index >= 15 is 0 Å². The van der Waals surface area contributed by atoms with Crippen molar-refractivity contribution in [2.24, 2.45) is 0 Å². The maximum Gasteiger partial charge on any atom is 0.149 e. The third-order valence-electron chi connectivity index (χ3n) is 3.12. The van der Waals surface area contributed by atoms with Crippen molar-refractivity contribution in [1.82, 2.24) is 9.97 Å². The third-order valence-corrected chi connectivity index (χ3v) is 3.95. The lowest BCUT2D eigenvalue weighted by Crippen LogP contribution is -1.86. The van der Waals surface area contributed by atoms with Crippen LogP contribution < -0.4 is 0 Å². The van der Waals surface area contributed by atoms with E-state index < -0.39 is 0 Å². The summed E-state index contributed by atoms with van der Waals surface area (Å²) in [6.45, 7) is 0. The molecule has 3 rings (SSSR count). The Kier molecular flexibility index (Phi) is 3.88. The lowest BCUT2D eigenvalue weighted by Gasteiger charge is -2.03. The van der Waals surface area contributed by atoms with Crippen LogP contribution >= 0.6 is 27.5 Å². The fourth-order valence-corrected chi connectivity index (χ4v) is 2.92. The number of nitriles is 1. The number of hydrogen-bond acceptors (Lipinski definition) is 3. The van der Waals surface area contributed by atoms with Crippen LogP contribution in [0.25, 0.3) is 22.7 Å². The van der Waals surface area contributed by atoms with Gasteiger partial charge in [0.15, 0.2) is 0 Å². The first kappa shape index (κ1) is 14.6. The highest BCUT2D eigenvalue weighted by Gasteiger charge is 2.11. The second-order valence-corrected chi connectivity index (χ2v) is 5.89. The van der Waals surface area contributed by atoms with Crippen molar-refractivity contribution in [3.63, 3.8) is 0 Å². The van der Waals surface area contributed by atoms with E-state index in [2.05, 4.69) is 32.0 Å². The van der Waals surface area contributed by atoms with Crippen LogP contribution in [0.4, 0.5) is 0 Å². The predicted molar refractivity (Wildman–Crippen MR) is 90.4 cm³/mol. The molecule has 0 aliphatic rings. The molecule has 0 fully saturated rings. The maximum absolute atomic E-state index is 10.1. The van der Waals surface area contributed by atoms with Gasteiger partial charge in [0.25, 0.3) is 0 Å². The minimum absolute atomic E-state index is 0.0215. The van der Waals surface area contributed by atoms with Gasteiger partial charge >= 0.3 is 0 Å². The Balaban J connectivity index is 2.13. The van der Waals surface area contributed by atoms with Gasteiger partial charge in [0, 0.05) is 10.6 Å². The number of phenols is 1. The standard InChI is InChI=1S/C16H9BrClN3O/c17-12-7-11(18)6-9(15(12)22)5-10(8-19)16-20-13-3-1-2-4-14(13)21-16/h1-7,22H,(H,20,21)/b10-5+. The molecule has 1 aromatic heterocycles. The number of halogens is 2. The zero-order chi connectivity index (χ0) is 15.7. The Hall–Kier alpha value is -2.29. The van der Waals surface area contributed by atoms with Crippen LogP contribution in [0, 0.1) is 11.3 Å². The zero-order valence-electron chi connectivity index (χ0n) is 11.1. The molecule has 2 aromatic carbocycles. The molecule has 22 heavy (non-hydrogen) atoms. The molecular weight excluding hydrogens is 366 g/mol. The SMILES string of the molecule is N#C/C(=C\c1cc(Cl)cc(Br)c1O)c1nc2ccccc2[nH]1. The van der Waals surface area contributed by atoms with E-state index in [0.717, 1.165) is 11.0 Å². The van der Waals surface area contributed by atoms with Crippen molar-refractivity contribution in [2.45, 2.75) is 0 Å². The van der Waals surface area contributed by atoms with E-state index in [4.69, 9.17) is 11.6 Å². The van der Waals surface area contributed by atoms with E-state index in [-0.39, 0.29) is 5.75 Å². The fourth-order valence-electron chi connectivity index (χ4n) is 2.09. The number of allylic oxidation sites excluding steroid dienone is 1. The third kappa shape index (κ3) is 2.71. The summed E-state index contributed by atoms with van der Waals surface area (Å²) in [6.07, 6.45) is 1.55. The van der Waals surface area contributed by atoms with Gasteiger partial charge < -0.3 is 10.1 Å². The van der Waals surface area contributed by atoms with Crippen LogP contribution in [-0.4, -0.2) is 15.1 Å². The second kappa shape index (κ2) is 5.84. The molecule has 3 aromatic rings. The predicted octanol–water partition coefficient (Wildman–Crippen LogP) is 4.75. The Morgan fingerprint density at radius 3 is 2.86 bits per heavy atom. The van der Waals surface area contributed by atoms with Gasteiger partial charge in [-0.05, 0) is 46.3 Å². The Morgan fingerprint density at radius 2 is 2.14 bits per heavy atom. The van der Waals surface area contributed by atoms with Gasteiger partial charge in [-0.25, -0.2) is 4.98 Å². The quantitative estimate of drug-likeness (QED) is 0.636. The van der Waals surface area contributed by atoms with Gasteiger partial charge in [-0.15, -0.1) is 0 Å². The second-order valence-electron chi connectivity index (χ2n) is 4.60. The number of nitrogens with one attached hydrogen (secondary N) is 1. The molecular formula is C16H9BrClN3O. The van der Waals surface area contributed by atoms with Crippen molar-refractivity contribution in [2.75, 3.05) is 0 Å². The van der Waals surface area contributed by atoms with Crippen LogP contribution in [-0.2, 0) is 0 Å². The minimum Gasteiger partial charge on any atom is -0.506 e. The molecule has 6 heteroatoms. The summed E-state index contributed by atoms with van der Waals surface area (Å²) in [5, 5.41) is 19.9. The number of benzene rings is 2. The first-order valence-corrected chi connectivity index (χ1v) is 7.50. The number of hydrogen-bond donors (Lipinski definition) is 2. The monoisotopic (exact) mass is 373 g/mol. The van der Waals surface area contributed by atoms with Gasteiger partial charge in [0.2, 0.25) is 0 Å². The van der Waals surface area contributed by atoms with Crippen molar-refractivity contribution >= 4 is 50.2 Å². The van der Waals surface area contributed by atoms with E-state index in [1.165, 1.54) is 0 Å². The van der Waals surface area contributed by atoms with Gasteiger partial charge in [-0.1, -0.05) is 23.7 Å². The molecule has 2 N–H and O–H groups in total. The summed E-state index contributed by atoms with van der Waals surface area (Å²) in [5.41, 5.74) is 2.36. The molecule has 1 heterocycles. The zero-order valence-corrected chi connectivity index (χ0v) is 13.5. The molecule has 0 aliphatic carbocycles. The smallest absolute Gasteiger partial charge is 0.149 e.